The van der Waals surface area contributed by atoms with Gasteiger partial charge in [0.2, 0.25) is 0 Å². The third-order valence-electron chi connectivity index (χ3n) is 2.28. The summed E-state index contributed by atoms with van der Waals surface area (Å²) in [5.41, 5.74) is 1.17. The molecule has 4 nitrogen and oxygen atoms in total. The molecule has 0 saturated carbocycles. The molecular formula is C13H22N2O2S. The summed E-state index contributed by atoms with van der Waals surface area (Å²) in [6, 6.07) is 3.94. The Bertz CT molecular complexity index is 366. The highest BCUT2D eigenvalue weighted by atomic mass is 32.2. The lowest BCUT2D eigenvalue weighted by atomic mass is 10.1. The molecule has 0 spiro atoms. The van der Waals surface area contributed by atoms with Gasteiger partial charge in [-0.05, 0) is 32.4 Å². The number of aliphatic hydroxyl groups is 2. The molecule has 0 aromatic carbocycles. The summed E-state index contributed by atoms with van der Waals surface area (Å²) in [7, 11) is 0. The van der Waals surface area contributed by atoms with Crippen molar-refractivity contribution in [3.05, 3.63) is 23.9 Å². The molecule has 1 atom stereocenters. The molecule has 1 aromatic heterocycles. The van der Waals surface area contributed by atoms with Crippen LogP contribution in [0.2, 0.25) is 0 Å². The van der Waals surface area contributed by atoms with Crippen LogP contribution in [0.5, 0.6) is 0 Å². The Kier molecular flexibility index (Phi) is 6.08. The van der Waals surface area contributed by atoms with Crippen molar-refractivity contribution in [2.24, 2.45) is 0 Å². The SMILES string of the molecule is CC(C)(C)NCc1cccnc1SCC(O)CO. The Morgan fingerprint density at radius 1 is 1.44 bits per heavy atom. The van der Waals surface area contributed by atoms with Gasteiger partial charge in [-0.15, -0.1) is 11.8 Å². The summed E-state index contributed by atoms with van der Waals surface area (Å²) in [4.78, 5) is 4.32. The normalized spacial score (nSPS) is 13.6. The van der Waals surface area contributed by atoms with Crippen molar-refractivity contribution in [3.8, 4) is 0 Å². The second-order valence-electron chi connectivity index (χ2n) is 5.22. The van der Waals surface area contributed by atoms with Gasteiger partial charge in [0.1, 0.15) is 5.03 Å². The van der Waals surface area contributed by atoms with E-state index in [4.69, 9.17) is 5.11 Å². The second-order valence-corrected chi connectivity index (χ2v) is 6.23. The van der Waals surface area contributed by atoms with E-state index in [1.807, 2.05) is 12.1 Å². The predicted molar refractivity (Wildman–Crippen MR) is 74.6 cm³/mol. The van der Waals surface area contributed by atoms with Gasteiger partial charge in [-0.3, -0.25) is 0 Å². The maximum Gasteiger partial charge on any atom is 0.101 e. The standard InChI is InChI=1S/C13H22N2O2S/c1-13(2,3)15-7-10-5-4-6-14-12(10)18-9-11(17)8-16/h4-6,11,15-17H,7-9H2,1-3H3. The van der Waals surface area contributed by atoms with E-state index in [0.717, 1.165) is 17.1 Å². The minimum absolute atomic E-state index is 0.0579. The summed E-state index contributed by atoms with van der Waals surface area (Å²) in [5.74, 6) is 0.454. The van der Waals surface area contributed by atoms with Crippen molar-refractivity contribution in [2.45, 2.75) is 44.0 Å². The molecule has 102 valence electrons. The average molecular weight is 270 g/mol. The molecule has 1 rings (SSSR count). The number of aliphatic hydroxyl groups excluding tert-OH is 2. The first-order chi connectivity index (χ1) is 8.42. The number of nitrogens with one attached hydrogen (secondary N) is 1. The molecule has 18 heavy (non-hydrogen) atoms. The van der Waals surface area contributed by atoms with E-state index >= 15 is 0 Å². The minimum atomic E-state index is -0.694. The van der Waals surface area contributed by atoms with E-state index in [1.165, 1.54) is 11.8 Å². The highest BCUT2D eigenvalue weighted by Crippen LogP contribution is 2.21. The summed E-state index contributed by atoms with van der Waals surface area (Å²) < 4.78 is 0. The van der Waals surface area contributed by atoms with Crippen LogP contribution in [0.4, 0.5) is 0 Å². The number of pyridine rings is 1. The zero-order chi connectivity index (χ0) is 13.6. The molecule has 0 bridgehead atoms. The molecule has 0 aliphatic heterocycles. The molecule has 0 aliphatic rings. The molecule has 5 heteroatoms. The van der Waals surface area contributed by atoms with E-state index in [9.17, 15) is 5.11 Å². The summed E-state index contributed by atoms with van der Waals surface area (Å²) >= 11 is 1.47. The van der Waals surface area contributed by atoms with Crippen LogP contribution in [0.15, 0.2) is 23.4 Å². The fourth-order valence-electron chi connectivity index (χ4n) is 1.28. The minimum Gasteiger partial charge on any atom is -0.394 e. The van der Waals surface area contributed by atoms with Gasteiger partial charge >= 0.3 is 0 Å². The van der Waals surface area contributed by atoms with Gasteiger partial charge in [-0.2, -0.15) is 0 Å². The van der Waals surface area contributed by atoms with E-state index in [1.54, 1.807) is 6.20 Å². The van der Waals surface area contributed by atoms with Crippen LogP contribution in [0.25, 0.3) is 0 Å². The van der Waals surface area contributed by atoms with Gasteiger partial charge in [0.05, 0.1) is 12.7 Å². The van der Waals surface area contributed by atoms with Gasteiger partial charge < -0.3 is 15.5 Å². The Balaban J connectivity index is 2.62. The van der Waals surface area contributed by atoms with Crippen LogP contribution < -0.4 is 5.32 Å². The van der Waals surface area contributed by atoms with Crippen molar-refractivity contribution < 1.29 is 10.2 Å². The van der Waals surface area contributed by atoms with Gasteiger partial charge in [0.25, 0.3) is 0 Å². The Labute approximate surface area is 113 Å². The average Bonchev–Trinajstić information content (AvgIpc) is 2.33. The smallest absolute Gasteiger partial charge is 0.101 e. The van der Waals surface area contributed by atoms with Gasteiger partial charge in [0.15, 0.2) is 0 Å². The first-order valence-electron chi connectivity index (χ1n) is 6.03. The molecule has 0 amide bonds. The fourth-order valence-corrected chi connectivity index (χ4v) is 2.19. The molecule has 1 heterocycles. The van der Waals surface area contributed by atoms with Crippen molar-refractivity contribution in [3.63, 3.8) is 0 Å². The first-order valence-corrected chi connectivity index (χ1v) is 7.01. The van der Waals surface area contributed by atoms with Crippen LogP contribution in [0.3, 0.4) is 0 Å². The molecule has 0 radical (unpaired) electrons. The number of aromatic nitrogens is 1. The Morgan fingerprint density at radius 3 is 2.78 bits per heavy atom. The summed E-state index contributed by atoms with van der Waals surface area (Å²) in [6.07, 6.45) is 1.05. The van der Waals surface area contributed by atoms with E-state index in [2.05, 4.69) is 31.1 Å². The van der Waals surface area contributed by atoms with Crippen LogP contribution >= 0.6 is 11.8 Å². The number of thioether (sulfide) groups is 1. The fraction of sp³-hybridized carbons (Fsp3) is 0.615. The highest BCUT2D eigenvalue weighted by Gasteiger charge is 2.12. The van der Waals surface area contributed by atoms with Crippen molar-refractivity contribution in [2.75, 3.05) is 12.4 Å². The summed E-state index contributed by atoms with van der Waals surface area (Å²) in [6.45, 7) is 6.88. The van der Waals surface area contributed by atoms with E-state index < -0.39 is 6.10 Å². The van der Waals surface area contributed by atoms with Crippen molar-refractivity contribution in [1.82, 2.24) is 10.3 Å². The van der Waals surface area contributed by atoms with Crippen LogP contribution in [-0.2, 0) is 6.54 Å². The van der Waals surface area contributed by atoms with Gasteiger partial charge in [0, 0.05) is 24.0 Å². The lowest BCUT2D eigenvalue weighted by molar-refractivity contribution is 0.113. The molecule has 0 aliphatic carbocycles. The van der Waals surface area contributed by atoms with Crippen LogP contribution in [0, 0.1) is 0 Å². The van der Waals surface area contributed by atoms with Gasteiger partial charge in [-0.25, -0.2) is 4.98 Å². The van der Waals surface area contributed by atoms with Crippen LogP contribution in [-0.4, -0.2) is 39.2 Å². The first kappa shape index (κ1) is 15.4. The monoisotopic (exact) mass is 270 g/mol. The molecule has 1 aromatic rings. The third kappa shape index (κ3) is 5.82. The van der Waals surface area contributed by atoms with Crippen molar-refractivity contribution >= 4 is 11.8 Å². The number of hydrogen-bond donors (Lipinski definition) is 3. The number of nitrogens with zero attached hydrogens (tertiary/aromatic N) is 1. The predicted octanol–water partition coefficient (Wildman–Crippen LogP) is 1.41. The van der Waals surface area contributed by atoms with Crippen molar-refractivity contribution in [1.29, 1.82) is 0 Å². The zero-order valence-electron chi connectivity index (χ0n) is 11.2. The van der Waals surface area contributed by atoms with Gasteiger partial charge in [-0.1, -0.05) is 6.07 Å². The topological polar surface area (TPSA) is 65.4 Å². The number of rotatable bonds is 6. The maximum atomic E-state index is 9.36. The highest BCUT2D eigenvalue weighted by molar-refractivity contribution is 7.99. The Hall–Kier alpha value is -0.620. The maximum absolute atomic E-state index is 9.36. The van der Waals surface area contributed by atoms with E-state index in [-0.39, 0.29) is 12.1 Å². The molecule has 0 saturated heterocycles. The zero-order valence-corrected chi connectivity index (χ0v) is 12.0. The number of hydrogen-bond acceptors (Lipinski definition) is 5. The molecule has 3 N–H and O–H groups in total. The van der Waals surface area contributed by atoms with E-state index in [0.29, 0.717) is 5.75 Å². The second kappa shape index (κ2) is 7.09. The molecular weight excluding hydrogens is 248 g/mol. The third-order valence-corrected chi connectivity index (χ3v) is 3.47. The molecule has 0 fully saturated rings. The quantitative estimate of drug-likeness (QED) is 0.682. The summed E-state index contributed by atoms with van der Waals surface area (Å²) in [5, 5.41) is 22.5. The largest absolute Gasteiger partial charge is 0.394 e. The van der Waals surface area contributed by atoms with Crippen LogP contribution in [0.1, 0.15) is 26.3 Å². The lowest BCUT2D eigenvalue weighted by Crippen LogP contribution is -2.35. The Morgan fingerprint density at radius 2 is 2.17 bits per heavy atom. The lowest BCUT2D eigenvalue weighted by Gasteiger charge is -2.21. The molecule has 1 unspecified atom stereocenters.